The molecule has 0 spiro atoms. The maximum absolute atomic E-state index is 13.2. The number of hydrogen-bond acceptors (Lipinski definition) is 5. The molecule has 1 atom stereocenters. The lowest BCUT2D eigenvalue weighted by Gasteiger charge is -2.16. The third-order valence-electron chi connectivity index (χ3n) is 2.93. The first kappa shape index (κ1) is 15.3. The standard InChI is InChI=1S/C10H11F2NO5S2/c11-9-2-1-8(5-10(9)19(12,15)16)20(17,18)13-4-3-7(14)6-13/h1-2,5,7,14H,3-4,6H2/t7-/m1/s1. The van der Waals surface area contributed by atoms with E-state index in [1.807, 2.05) is 0 Å². The molecule has 1 aromatic rings. The van der Waals surface area contributed by atoms with Gasteiger partial charge in [-0.25, -0.2) is 12.8 Å². The Morgan fingerprint density at radius 2 is 1.90 bits per heavy atom. The zero-order chi connectivity index (χ0) is 15.1. The Labute approximate surface area is 114 Å². The first-order valence-corrected chi connectivity index (χ1v) is 8.37. The summed E-state index contributed by atoms with van der Waals surface area (Å²) >= 11 is 0. The molecule has 0 aliphatic carbocycles. The maximum atomic E-state index is 13.2. The van der Waals surface area contributed by atoms with Gasteiger partial charge in [0.15, 0.2) is 0 Å². The zero-order valence-corrected chi connectivity index (χ0v) is 11.7. The largest absolute Gasteiger partial charge is 0.392 e. The highest BCUT2D eigenvalue weighted by atomic mass is 32.3. The average Bonchev–Trinajstić information content (AvgIpc) is 2.75. The van der Waals surface area contributed by atoms with Crippen LogP contribution in [0.1, 0.15) is 6.42 Å². The highest BCUT2D eigenvalue weighted by Gasteiger charge is 2.33. The van der Waals surface area contributed by atoms with Crippen LogP contribution in [-0.2, 0) is 20.2 Å². The van der Waals surface area contributed by atoms with Crippen LogP contribution in [0.2, 0.25) is 0 Å². The molecule has 1 heterocycles. The third kappa shape index (κ3) is 2.82. The number of benzene rings is 1. The van der Waals surface area contributed by atoms with E-state index in [2.05, 4.69) is 0 Å². The molecular weight excluding hydrogens is 316 g/mol. The van der Waals surface area contributed by atoms with E-state index in [1.54, 1.807) is 0 Å². The fourth-order valence-electron chi connectivity index (χ4n) is 1.91. The first-order chi connectivity index (χ1) is 9.12. The summed E-state index contributed by atoms with van der Waals surface area (Å²) in [5, 5.41) is 9.32. The summed E-state index contributed by atoms with van der Waals surface area (Å²) in [6, 6.07) is 1.86. The molecule has 1 aliphatic rings. The van der Waals surface area contributed by atoms with Crippen molar-refractivity contribution in [3.8, 4) is 0 Å². The summed E-state index contributed by atoms with van der Waals surface area (Å²) in [6.07, 6.45) is -0.566. The molecule has 0 saturated carbocycles. The van der Waals surface area contributed by atoms with Crippen molar-refractivity contribution in [2.24, 2.45) is 0 Å². The van der Waals surface area contributed by atoms with E-state index < -0.39 is 42.0 Å². The number of aliphatic hydroxyl groups excluding tert-OH is 1. The predicted octanol–water partition coefficient (Wildman–Crippen LogP) is 0.239. The van der Waals surface area contributed by atoms with Crippen LogP contribution in [-0.4, -0.2) is 45.4 Å². The molecule has 0 unspecified atom stereocenters. The summed E-state index contributed by atoms with van der Waals surface area (Å²) in [5.74, 6) is -1.37. The molecule has 112 valence electrons. The fourth-order valence-corrected chi connectivity index (χ4v) is 4.07. The van der Waals surface area contributed by atoms with E-state index in [9.17, 15) is 30.2 Å². The number of nitrogens with zero attached hydrogens (tertiary/aromatic N) is 1. The second-order valence-electron chi connectivity index (χ2n) is 4.34. The molecule has 1 aromatic carbocycles. The third-order valence-corrected chi connectivity index (χ3v) is 5.63. The predicted molar refractivity (Wildman–Crippen MR) is 64.1 cm³/mol. The Morgan fingerprint density at radius 1 is 1.25 bits per heavy atom. The molecular formula is C10H11F2NO5S2. The second kappa shape index (κ2) is 5.02. The van der Waals surface area contributed by atoms with Crippen LogP contribution in [0.5, 0.6) is 0 Å². The lowest BCUT2D eigenvalue weighted by Crippen LogP contribution is -2.29. The number of β-amino-alcohol motifs (C(OH)–C–C–N with tert-alkyl or cyclic N) is 1. The highest BCUT2D eigenvalue weighted by molar-refractivity contribution is 7.89. The minimum atomic E-state index is -5.36. The summed E-state index contributed by atoms with van der Waals surface area (Å²) < 4.78 is 72.8. The van der Waals surface area contributed by atoms with Gasteiger partial charge >= 0.3 is 10.2 Å². The number of rotatable bonds is 3. The molecule has 0 amide bonds. The number of hydrogen-bond donors (Lipinski definition) is 1. The lowest BCUT2D eigenvalue weighted by atomic mass is 10.3. The Hall–Kier alpha value is -1.10. The first-order valence-electron chi connectivity index (χ1n) is 5.55. The van der Waals surface area contributed by atoms with E-state index in [1.165, 1.54) is 0 Å². The van der Waals surface area contributed by atoms with E-state index in [0.29, 0.717) is 12.1 Å². The topological polar surface area (TPSA) is 91.8 Å². The summed E-state index contributed by atoms with van der Waals surface area (Å²) in [6.45, 7) is -0.0873. The van der Waals surface area contributed by atoms with E-state index in [0.717, 1.165) is 10.4 Å². The van der Waals surface area contributed by atoms with Crippen molar-refractivity contribution in [2.45, 2.75) is 22.3 Å². The van der Waals surface area contributed by atoms with Gasteiger partial charge in [0.05, 0.1) is 11.0 Å². The van der Waals surface area contributed by atoms with Crippen LogP contribution in [0.3, 0.4) is 0 Å². The second-order valence-corrected chi connectivity index (χ2v) is 7.59. The SMILES string of the molecule is O=S(=O)(F)c1cc(S(=O)(=O)N2CC[C@@H](O)C2)ccc1F. The summed E-state index contributed by atoms with van der Waals surface area (Å²) in [5.41, 5.74) is 0. The fraction of sp³-hybridized carbons (Fsp3) is 0.400. The zero-order valence-electron chi connectivity index (χ0n) is 10.0. The monoisotopic (exact) mass is 327 g/mol. The van der Waals surface area contributed by atoms with Crippen molar-refractivity contribution in [1.82, 2.24) is 4.31 Å². The van der Waals surface area contributed by atoms with Gasteiger partial charge in [0.1, 0.15) is 10.7 Å². The minimum Gasteiger partial charge on any atom is -0.392 e. The van der Waals surface area contributed by atoms with Crippen LogP contribution in [0.4, 0.5) is 8.28 Å². The molecule has 1 aliphatic heterocycles. The van der Waals surface area contributed by atoms with Crippen molar-refractivity contribution in [2.75, 3.05) is 13.1 Å². The number of halogens is 2. The van der Waals surface area contributed by atoms with Crippen molar-refractivity contribution in [3.63, 3.8) is 0 Å². The molecule has 1 N–H and O–H groups in total. The Kier molecular flexibility index (Phi) is 3.84. The molecule has 0 bridgehead atoms. The van der Waals surface area contributed by atoms with Crippen molar-refractivity contribution in [1.29, 1.82) is 0 Å². The Morgan fingerprint density at radius 3 is 2.40 bits per heavy atom. The molecule has 6 nitrogen and oxygen atoms in total. The van der Waals surface area contributed by atoms with Gasteiger partial charge < -0.3 is 5.11 Å². The quantitative estimate of drug-likeness (QED) is 0.803. The van der Waals surface area contributed by atoms with Gasteiger partial charge in [-0.2, -0.15) is 12.7 Å². The maximum Gasteiger partial charge on any atom is 0.335 e. The molecule has 2 rings (SSSR count). The molecule has 20 heavy (non-hydrogen) atoms. The van der Waals surface area contributed by atoms with Crippen LogP contribution in [0.15, 0.2) is 28.0 Å². The van der Waals surface area contributed by atoms with Gasteiger partial charge in [0, 0.05) is 13.1 Å². The molecule has 10 heteroatoms. The Balaban J connectivity index is 2.48. The average molecular weight is 327 g/mol. The summed E-state index contributed by atoms with van der Waals surface area (Å²) in [4.78, 5) is -1.86. The van der Waals surface area contributed by atoms with Crippen LogP contribution in [0, 0.1) is 5.82 Å². The van der Waals surface area contributed by atoms with E-state index in [4.69, 9.17) is 0 Å². The van der Waals surface area contributed by atoms with Crippen LogP contribution >= 0.6 is 0 Å². The van der Waals surface area contributed by atoms with Crippen LogP contribution in [0.25, 0.3) is 0 Å². The van der Waals surface area contributed by atoms with Crippen molar-refractivity contribution < 1.29 is 30.2 Å². The highest BCUT2D eigenvalue weighted by Crippen LogP contribution is 2.25. The molecule has 1 saturated heterocycles. The van der Waals surface area contributed by atoms with Gasteiger partial charge in [-0.3, -0.25) is 0 Å². The number of aliphatic hydroxyl groups is 1. The van der Waals surface area contributed by atoms with Crippen LogP contribution < -0.4 is 0 Å². The van der Waals surface area contributed by atoms with Gasteiger partial charge in [0.2, 0.25) is 10.0 Å². The van der Waals surface area contributed by atoms with E-state index in [-0.39, 0.29) is 19.5 Å². The molecule has 0 radical (unpaired) electrons. The van der Waals surface area contributed by atoms with Gasteiger partial charge in [-0.15, -0.1) is 3.89 Å². The Bertz CT molecular complexity index is 732. The lowest BCUT2D eigenvalue weighted by molar-refractivity contribution is 0.189. The van der Waals surface area contributed by atoms with Crippen molar-refractivity contribution >= 4 is 20.2 Å². The van der Waals surface area contributed by atoms with Gasteiger partial charge in [-0.1, -0.05) is 0 Å². The minimum absolute atomic E-state index is 0.0542. The normalized spacial score (nSPS) is 21.2. The van der Waals surface area contributed by atoms with Gasteiger partial charge in [0.25, 0.3) is 0 Å². The van der Waals surface area contributed by atoms with Crippen molar-refractivity contribution in [3.05, 3.63) is 24.0 Å². The molecule has 1 fully saturated rings. The molecule has 0 aromatic heterocycles. The van der Waals surface area contributed by atoms with Gasteiger partial charge in [-0.05, 0) is 24.6 Å². The smallest absolute Gasteiger partial charge is 0.335 e. The number of sulfonamides is 1. The van der Waals surface area contributed by atoms with E-state index >= 15 is 0 Å². The summed E-state index contributed by atoms with van der Waals surface area (Å²) in [7, 11) is -9.45.